The summed E-state index contributed by atoms with van der Waals surface area (Å²) in [5.74, 6) is 0.0332. The van der Waals surface area contributed by atoms with Gasteiger partial charge < -0.3 is 9.64 Å². The Morgan fingerprint density at radius 3 is 2.50 bits per heavy atom. The lowest BCUT2D eigenvalue weighted by atomic mass is 9.88. The predicted octanol–water partition coefficient (Wildman–Crippen LogP) is 1.59. The highest BCUT2D eigenvalue weighted by molar-refractivity contribution is 5.87. The van der Waals surface area contributed by atoms with Gasteiger partial charge in [-0.25, -0.2) is 0 Å². The van der Waals surface area contributed by atoms with Crippen molar-refractivity contribution in [3.8, 4) is 0 Å². The Kier molecular flexibility index (Phi) is 3.69. The monoisotopic (exact) mass is 197 g/mol. The first-order valence-electron chi connectivity index (χ1n) is 5.14. The molecule has 0 aliphatic carbocycles. The minimum Gasteiger partial charge on any atom is -0.378 e. The Morgan fingerprint density at radius 1 is 1.57 bits per heavy atom. The number of amides is 1. The molecule has 0 unspecified atom stereocenters. The third-order valence-electron chi connectivity index (χ3n) is 3.24. The van der Waals surface area contributed by atoms with Gasteiger partial charge in [-0.1, -0.05) is 13.5 Å². The van der Waals surface area contributed by atoms with E-state index in [1.807, 2.05) is 4.90 Å². The van der Waals surface area contributed by atoms with Crippen LogP contribution in [0, 0.1) is 0 Å². The minimum atomic E-state index is -0.00203. The highest BCUT2D eigenvalue weighted by atomic mass is 16.5. The molecule has 1 fully saturated rings. The molecular formula is C11H19NO2. The Labute approximate surface area is 85.7 Å². The van der Waals surface area contributed by atoms with Crippen molar-refractivity contribution in [1.82, 2.24) is 4.90 Å². The van der Waals surface area contributed by atoms with Crippen molar-refractivity contribution in [3.05, 3.63) is 12.7 Å². The summed E-state index contributed by atoms with van der Waals surface area (Å²) in [5, 5.41) is 0. The Hall–Kier alpha value is -0.830. The predicted molar refractivity (Wildman–Crippen MR) is 56.0 cm³/mol. The van der Waals surface area contributed by atoms with Crippen LogP contribution in [0.5, 0.6) is 0 Å². The van der Waals surface area contributed by atoms with Crippen LogP contribution in [-0.2, 0) is 9.53 Å². The van der Waals surface area contributed by atoms with Gasteiger partial charge >= 0.3 is 0 Å². The Balaban J connectivity index is 2.52. The van der Waals surface area contributed by atoms with E-state index in [-0.39, 0.29) is 11.5 Å². The van der Waals surface area contributed by atoms with E-state index in [9.17, 15) is 4.79 Å². The maximum absolute atomic E-state index is 11.3. The van der Waals surface area contributed by atoms with Gasteiger partial charge in [-0.3, -0.25) is 4.79 Å². The van der Waals surface area contributed by atoms with E-state index in [1.54, 1.807) is 7.11 Å². The molecule has 3 heteroatoms. The molecule has 0 aromatic heterocycles. The van der Waals surface area contributed by atoms with Crippen LogP contribution in [0.2, 0.25) is 0 Å². The van der Waals surface area contributed by atoms with Gasteiger partial charge in [-0.2, -0.15) is 0 Å². The second kappa shape index (κ2) is 4.60. The average Bonchev–Trinajstić information content (AvgIpc) is 2.28. The fourth-order valence-electron chi connectivity index (χ4n) is 1.97. The Morgan fingerprint density at radius 2 is 2.14 bits per heavy atom. The molecule has 1 amide bonds. The summed E-state index contributed by atoms with van der Waals surface area (Å²) in [6, 6.07) is 0. The second-order valence-electron chi connectivity index (χ2n) is 3.77. The maximum Gasteiger partial charge on any atom is 0.245 e. The first kappa shape index (κ1) is 11.2. The van der Waals surface area contributed by atoms with Gasteiger partial charge in [0, 0.05) is 20.2 Å². The van der Waals surface area contributed by atoms with E-state index in [0.29, 0.717) is 0 Å². The molecule has 0 aromatic carbocycles. The summed E-state index contributed by atoms with van der Waals surface area (Å²) in [5.41, 5.74) is -0.00203. The van der Waals surface area contributed by atoms with Crippen LogP contribution in [0.3, 0.4) is 0 Å². The molecule has 1 saturated heterocycles. The fourth-order valence-corrected chi connectivity index (χ4v) is 1.97. The van der Waals surface area contributed by atoms with Crippen LogP contribution >= 0.6 is 0 Å². The van der Waals surface area contributed by atoms with E-state index in [1.165, 1.54) is 6.08 Å². The fraction of sp³-hybridized carbons (Fsp3) is 0.727. The molecule has 0 spiro atoms. The van der Waals surface area contributed by atoms with Crippen molar-refractivity contribution in [2.45, 2.75) is 31.8 Å². The summed E-state index contributed by atoms with van der Waals surface area (Å²) >= 11 is 0. The first-order valence-corrected chi connectivity index (χ1v) is 5.14. The number of piperidine rings is 1. The van der Waals surface area contributed by atoms with Crippen molar-refractivity contribution < 1.29 is 9.53 Å². The van der Waals surface area contributed by atoms with Crippen LogP contribution in [0.4, 0.5) is 0 Å². The maximum atomic E-state index is 11.3. The van der Waals surface area contributed by atoms with E-state index in [0.717, 1.165) is 32.4 Å². The zero-order valence-corrected chi connectivity index (χ0v) is 9.08. The molecule has 0 saturated carbocycles. The number of likely N-dealkylation sites (tertiary alicyclic amines) is 1. The molecule has 0 N–H and O–H groups in total. The van der Waals surface area contributed by atoms with Crippen molar-refractivity contribution in [1.29, 1.82) is 0 Å². The molecule has 1 rings (SSSR count). The average molecular weight is 197 g/mol. The van der Waals surface area contributed by atoms with Crippen molar-refractivity contribution >= 4 is 5.91 Å². The third kappa shape index (κ3) is 2.15. The molecule has 0 atom stereocenters. The number of carbonyl (C=O) groups excluding carboxylic acids is 1. The number of hydrogen-bond acceptors (Lipinski definition) is 2. The van der Waals surface area contributed by atoms with Crippen LogP contribution in [-0.4, -0.2) is 36.6 Å². The normalized spacial score (nSPS) is 20.6. The van der Waals surface area contributed by atoms with Gasteiger partial charge in [0.25, 0.3) is 0 Å². The van der Waals surface area contributed by atoms with Gasteiger partial charge in [0.05, 0.1) is 5.60 Å². The van der Waals surface area contributed by atoms with Gasteiger partial charge in [0.2, 0.25) is 5.91 Å². The molecule has 0 bridgehead atoms. The Bertz CT molecular complexity index is 211. The lowest BCUT2D eigenvalue weighted by Crippen LogP contribution is -2.46. The van der Waals surface area contributed by atoms with Crippen LogP contribution < -0.4 is 0 Å². The van der Waals surface area contributed by atoms with E-state index >= 15 is 0 Å². The SMILES string of the molecule is C=CC(=O)N1CCC(CC)(OC)CC1. The molecule has 1 heterocycles. The smallest absolute Gasteiger partial charge is 0.245 e. The van der Waals surface area contributed by atoms with E-state index < -0.39 is 0 Å². The summed E-state index contributed by atoms with van der Waals surface area (Å²) in [6.07, 6.45) is 4.25. The van der Waals surface area contributed by atoms with E-state index in [4.69, 9.17) is 4.74 Å². The first-order chi connectivity index (χ1) is 6.67. The molecule has 0 radical (unpaired) electrons. The highest BCUT2D eigenvalue weighted by Crippen LogP contribution is 2.28. The summed E-state index contributed by atoms with van der Waals surface area (Å²) in [7, 11) is 1.76. The number of ether oxygens (including phenoxy) is 1. The molecule has 0 aromatic rings. The lowest BCUT2D eigenvalue weighted by molar-refractivity contribution is -0.131. The second-order valence-corrected chi connectivity index (χ2v) is 3.77. The van der Waals surface area contributed by atoms with Gasteiger partial charge in [0.1, 0.15) is 0 Å². The number of carbonyl (C=O) groups is 1. The van der Waals surface area contributed by atoms with Crippen molar-refractivity contribution in [2.75, 3.05) is 20.2 Å². The van der Waals surface area contributed by atoms with Crippen LogP contribution in [0.25, 0.3) is 0 Å². The standard InChI is InChI=1S/C11H19NO2/c1-4-10(13)12-8-6-11(5-2,14-3)7-9-12/h4H,1,5-9H2,2-3H3. The summed E-state index contributed by atoms with van der Waals surface area (Å²) in [6.45, 7) is 7.19. The summed E-state index contributed by atoms with van der Waals surface area (Å²) in [4.78, 5) is 13.2. The molecule has 1 aliphatic heterocycles. The molecule has 14 heavy (non-hydrogen) atoms. The molecule has 1 aliphatic rings. The zero-order valence-electron chi connectivity index (χ0n) is 9.08. The van der Waals surface area contributed by atoms with E-state index in [2.05, 4.69) is 13.5 Å². The number of rotatable bonds is 3. The summed E-state index contributed by atoms with van der Waals surface area (Å²) < 4.78 is 5.53. The zero-order chi connectivity index (χ0) is 10.6. The van der Waals surface area contributed by atoms with Crippen LogP contribution in [0.1, 0.15) is 26.2 Å². The topological polar surface area (TPSA) is 29.5 Å². The molecule has 80 valence electrons. The lowest BCUT2D eigenvalue weighted by Gasteiger charge is -2.40. The largest absolute Gasteiger partial charge is 0.378 e. The molecular weight excluding hydrogens is 178 g/mol. The van der Waals surface area contributed by atoms with Crippen molar-refractivity contribution in [3.63, 3.8) is 0 Å². The van der Waals surface area contributed by atoms with Gasteiger partial charge in [0.15, 0.2) is 0 Å². The number of nitrogens with zero attached hydrogens (tertiary/aromatic N) is 1. The van der Waals surface area contributed by atoms with Crippen LogP contribution in [0.15, 0.2) is 12.7 Å². The molecule has 3 nitrogen and oxygen atoms in total. The highest BCUT2D eigenvalue weighted by Gasteiger charge is 2.33. The van der Waals surface area contributed by atoms with Crippen molar-refractivity contribution in [2.24, 2.45) is 0 Å². The van der Waals surface area contributed by atoms with Gasteiger partial charge in [-0.05, 0) is 25.3 Å². The quantitative estimate of drug-likeness (QED) is 0.643. The number of methoxy groups -OCH3 is 1. The minimum absolute atomic E-state index is 0.00203. The number of hydrogen-bond donors (Lipinski definition) is 0. The third-order valence-corrected chi connectivity index (χ3v) is 3.24. The van der Waals surface area contributed by atoms with Gasteiger partial charge in [-0.15, -0.1) is 0 Å².